The van der Waals surface area contributed by atoms with Crippen molar-refractivity contribution >= 4 is 38.9 Å². The smallest absolute Gasteiger partial charge is 0.0620 e. The minimum Gasteiger partial charge on any atom is -0.311 e. The molecule has 0 aliphatic carbocycles. The van der Waals surface area contributed by atoms with Gasteiger partial charge < -0.3 is 9.47 Å². The Balaban J connectivity index is 1.09. The third kappa shape index (κ3) is 5.96. The second kappa shape index (κ2) is 14.8. The van der Waals surface area contributed by atoms with E-state index in [1.165, 1.54) is 94.3 Å². The van der Waals surface area contributed by atoms with Crippen LogP contribution in [0.15, 0.2) is 243 Å². The molecular weight excluding hydrogens is 749 g/mol. The van der Waals surface area contributed by atoms with Crippen molar-refractivity contribution in [3.8, 4) is 72.4 Å². The van der Waals surface area contributed by atoms with Crippen molar-refractivity contribution in [3.63, 3.8) is 0 Å². The summed E-state index contributed by atoms with van der Waals surface area (Å²) >= 11 is 0. The lowest BCUT2D eigenvalue weighted by Crippen LogP contribution is -2.09. The Morgan fingerprint density at radius 1 is 0.258 bits per heavy atom. The maximum absolute atomic E-state index is 2.56. The predicted octanol–water partition coefficient (Wildman–Crippen LogP) is 16.6. The van der Waals surface area contributed by atoms with Crippen LogP contribution in [-0.2, 0) is 0 Å². The molecule has 10 aromatic carbocycles. The van der Waals surface area contributed by atoms with Crippen LogP contribution in [0, 0.1) is 0 Å². The molecule has 0 bridgehead atoms. The van der Waals surface area contributed by atoms with Crippen LogP contribution in [0.25, 0.3) is 94.3 Å². The van der Waals surface area contributed by atoms with E-state index in [2.05, 4.69) is 252 Å². The zero-order valence-electron chi connectivity index (χ0n) is 34.0. The Bertz CT molecular complexity index is 3330. The van der Waals surface area contributed by atoms with Crippen LogP contribution in [0.4, 0.5) is 17.1 Å². The predicted molar refractivity (Wildman–Crippen MR) is 262 cm³/mol. The summed E-state index contributed by atoms with van der Waals surface area (Å²) in [4.78, 5) is 2.32. The molecule has 0 spiro atoms. The van der Waals surface area contributed by atoms with Crippen LogP contribution < -0.4 is 4.90 Å². The van der Waals surface area contributed by atoms with Gasteiger partial charge in [-0.1, -0.05) is 170 Å². The first kappa shape index (κ1) is 35.7. The van der Waals surface area contributed by atoms with Crippen molar-refractivity contribution in [1.29, 1.82) is 0 Å². The highest BCUT2D eigenvalue weighted by Crippen LogP contribution is 2.51. The molecule has 2 heteroatoms. The van der Waals surface area contributed by atoms with Crippen LogP contribution in [0.2, 0.25) is 0 Å². The van der Waals surface area contributed by atoms with E-state index in [0.717, 1.165) is 17.1 Å². The van der Waals surface area contributed by atoms with Crippen molar-refractivity contribution < 1.29 is 0 Å². The normalized spacial score (nSPS) is 11.5. The number of rotatable bonds is 7. The Morgan fingerprint density at radius 3 is 1.34 bits per heavy atom. The number of anilines is 3. The first-order chi connectivity index (χ1) is 30.8. The number of nitrogens with zero attached hydrogens (tertiary/aromatic N) is 2. The number of benzene rings is 10. The van der Waals surface area contributed by atoms with E-state index < -0.39 is 0 Å². The molecule has 0 unspecified atom stereocenters. The summed E-state index contributed by atoms with van der Waals surface area (Å²) in [5.41, 5.74) is 21.5. The molecule has 290 valence electrons. The lowest BCUT2D eigenvalue weighted by Gasteiger charge is -2.25. The Kier molecular flexibility index (Phi) is 8.53. The summed E-state index contributed by atoms with van der Waals surface area (Å²) in [6, 6.07) is 88.5. The van der Waals surface area contributed by atoms with E-state index in [1.54, 1.807) is 0 Å². The number of hydrogen-bond donors (Lipinski definition) is 0. The molecular formula is C60H40N2. The molecule has 62 heavy (non-hydrogen) atoms. The van der Waals surface area contributed by atoms with E-state index in [1.807, 2.05) is 0 Å². The highest BCUT2D eigenvalue weighted by molar-refractivity contribution is 6.18. The third-order valence-electron chi connectivity index (χ3n) is 12.5. The maximum Gasteiger partial charge on any atom is 0.0620 e. The van der Waals surface area contributed by atoms with Crippen molar-refractivity contribution in [1.82, 2.24) is 4.57 Å². The van der Waals surface area contributed by atoms with Gasteiger partial charge in [0, 0.05) is 44.5 Å². The van der Waals surface area contributed by atoms with Gasteiger partial charge in [0.2, 0.25) is 0 Å². The van der Waals surface area contributed by atoms with Crippen molar-refractivity contribution in [2.75, 3.05) is 4.90 Å². The third-order valence-corrected chi connectivity index (χ3v) is 12.5. The standard InChI is InChI=1S/C60H40N2/c1-5-18-41(19-6-1)44-36-45(42-20-7-2-8-21-42)38-47(37-44)51-29-17-30-55-52-26-13-14-27-53(52)56-39-46(40-57-54-28-15-16-31-58(54)62(59(51)55)60(56)57)43-32-34-50(35-33-43)61(48-22-9-3-10-23-48)49-24-11-4-12-25-49/h1-40H. The molecule has 0 N–H and O–H groups in total. The molecule has 1 aliphatic rings. The van der Waals surface area contributed by atoms with Gasteiger partial charge in [-0.25, -0.2) is 0 Å². The fourth-order valence-electron chi connectivity index (χ4n) is 9.67. The van der Waals surface area contributed by atoms with Gasteiger partial charge in [-0.3, -0.25) is 0 Å². The molecule has 1 aliphatic heterocycles. The molecule has 0 atom stereocenters. The first-order valence-corrected chi connectivity index (χ1v) is 21.3. The summed E-state index contributed by atoms with van der Waals surface area (Å²) < 4.78 is 2.56. The van der Waals surface area contributed by atoms with Crippen LogP contribution in [0.5, 0.6) is 0 Å². The summed E-state index contributed by atoms with van der Waals surface area (Å²) in [6.07, 6.45) is 0. The molecule has 0 saturated heterocycles. The molecule has 11 aromatic rings. The highest BCUT2D eigenvalue weighted by Gasteiger charge is 2.28. The molecule has 1 aromatic heterocycles. The number of hydrogen-bond acceptors (Lipinski definition) is 1. The van der Waals surface area contributed by atoms with Gasteiger partial charge in [-0.05, 0) is 123 Å². The molecule has 12 rings (SSSR count). The highest BCUT2D eigenvalue weighted by atomic mass is 15.1. The van der Waals surface area contributed by atoms with E-state index >= 15 is 0 Å². The monoisotopic (exact) mass is 788 g/mol. The minimum absolute atomic E-state index is 1.11. The van der Waals surface area contributed by atoms with Crippen molar-refractivity contribution in [2.45, 2.75) is 0 Å². The SMILES string of the molecule is c1ccc(-c2cc(-c3ccccc3)cc(-c3cccc4c3-n3c5ccccc5c5cc(-c6ccc(N(c7ccccc7)c7ccccc7)cc6)cc(c53)-c3ccccc3-4)c2)cc1. The fourth-order valence-corrected chi connectivity index (χ4v) is 9.67. The fraction of sp³-hybridized carbons (Fsp3) is 0. The topological polar surface area (TPSA) is 8.17 Å². The lowest BCUT2D eigenvalue weighted by atomic mass is 9.88. The van der Waals surface area contributed by atoms with Crippen LogP contribution >= 0.6 is 0 Å². The van der Waals surface area contributed by atoms with Gasteiger partial charge in [0.05, 0.1) is 16.7 Å². The molecule has 0 fully saturated rings. The van der Waals surface area contributed by atoms with Gasteiger partial charge >= 0.3 is 0 Å². The van der Waals surface area contributed by atoms with E-state index in [4.69, 9.17) is 0 Å². The van der Waals surface area contributed by atoms with Gasteiger partial charge in [0.1, 0.15) is 0 Å². The molecule has 0 radical (unpaired) electrons. The number of aromatic nitrogens is 1. The second-order valence-corrected chi connectivity index (χ2v) is 16.1. The average Bonchev–Trinajstić information content (AvgIpc) is 3.62. The quantitative estimate of drug-likeness (QED) is 0.156. The number of para-hydroxylation sites is 4. The summed E-state index contributed by atoms with van der Waals surface area (Å²) in [5.74, 6) is 0. The molecule has 0 saturated carbocycles. The van der Waals surface area contributed by atoms with E-state index in [-0.39, 0.29) is 0 Å². The van der Waals surface area contributed by atoms with Crippen molar-refractivity contribution in [2.24, 2.45) is 0 Å². The summed E-state index contributed by atoms with van der Waals surface area (Å²) in [5, 5.41) is 2.48. The van der Waals surface area contributed by atoms with E-state index in [9.17, 15) is 0 Å². The summed E-state index contributed by atoms with van der Waals surface area (Å²) in [7, 11) is 0. The van der Waals surface area contributed by atoms with Gasteiger partial charge in [-0.15, -0.1) is 0 Å². The Labute approximate surface area is 361 Å². The second-order valence-electron chi connectivity index (χ2n) is 16.1. The molecule has 2 heterocycles. The Morgan fingerprint density at radius 2 is 0.710 bits per heavy atom. The van der Waals surface area contributed by atoms with Crippen LogP contribution in [-0.4, -0.2) is 4.57 Å². The lowest BCUT2D eigenvalue weighted by molar-refractivity contribution is 1.19. The zero-order chi connectivity index (χ0) is 41.0. The van der Waals surface area contributed by atoms with Crippen molar-refractivity contribution in [3.05, 3.63) is 243 Å². The summed E-state index contributed by atoms with van der Waals surface area (Å²) in [6.45, 7) is 0. The minimum atomic E-state index is 1.11. The van der Waals surface area contributed by atoms with Crippen LogP contribution in [0.3, 0.4) is 0 Å². The number of fused-ring (bicyclic) bond motifs is 8. The first-order valence-electron chi connectivity index (χ1n) is 21.3. The average molecular weight is 789 g/mol. The van der Waals surface area contributed by atoms with Crippen LogP contribution in [0.1, 0.15) is 0 Å². The largest absolute Gasteiger partial charge is 0.311 e. The van der Waals surface area contributed by atoms with Gasteiger partial charge in [0.25, 0.3) is 0 Å². The van der Waals surface area contributed by atoms with Gasteiger partial charge in [-0.2, -0.15) is 0 Å². The zero-order valence-corrected chi connectivity index (χ0v) is 34.0. The molecule has 2 nitrogen and oxygen atoms in total. The van der Waals surface area contributed by atoms with E-state index in [0.29, 0.717) is 0 Å². The molecule has 0 amide bonds. The Hall–Kier alpha value is -8.20. The maximum atomic E-state index is 2.56. The van der Waals surface area contributed by atoms with Gasteiger partial charge in [0.15, 0.2) is 0 Å².